The molecule has 0 saturated heterocycles. The molecule has 0 bridgehead atoms. The van der Waals surface area contributed by atoms with Crippen molar-refractivity contribution >= 4 is 22.4 Å². The number of benzene rings is 3. The van der Waals surface area contributed by atoms with E-state index in [1.54, 1.807) is 0 Å². The van der Waals surface area contributed by atoms with Crippen LogP contribution in [0.25, 0.3) is 10.8 Å². The summed E-state index contributed by atoms with van der Waals surface area (Å²) in [6, 6.07) is 21.8. The number of anilines is 1. The summed E-state index contributed by atoms with van der Waals surface area (Å²) >= 11 is 0. The van der Waals surface area contributed by atoms with Crippen LogP contribution in [0, 0.1) is 0 Å². The number of amides is 1. The number of fused-ring (bicyclic) bond motifs is 1. The Hall–Kier alpha value is -2.81. The van der Waals surface area contributed by atoms with Crippen LogP contribution in [0.15, 0.2) is 66.7 Å². The maximum Gasteiger partial charge on any atom is 0.262 e. The van der Waals surface area contributed by atoms with Gasteiger partial charge in [0.2, 0.25) is 0 Å². The molecule has 0 heterocycles. The third-order valence-electron chi connectivity index (χ3n) is 3.95. The van der Waals surface area contributed by atoms with Gasteiger partial charge in [-0.3, -0.25) is 4.79 Å². The first-order chi connectivity index (χ1) is 11.6. The number of ether oxygens (including phenoxy) is 1. The molecular weight excluding hydrogens is 298 g/mol. The quantitative estimate of drug-likeness (QED) is 0.720. The van der Waals surface area contributed by atoms with Crippen LogP contribution < -0.4 is 10.1 Å². The summed E-state index contributed by atoms with van der Waals surface area (Å²) in [4.78, 5) is 12.1. The van der Waals surface area contributed by atoms with Crippen LogP contribution >= 0.6 is 0 Å². The van der Waals surface area contributed by atoms with Gasteiger partial charge in [0, 0.05) is 5.69 Å². The molecule has 0 aliphatic rings. The van der Waals surface area contributed by atoms with E-state index in [9.17, 15) is 4.79 Å². The highest BCUT2D eigenvalue weighted by Gasteiger charge is 2.05. The zero-order valence-corrected chi connectivity index (χ0v) is 14.0. The molecule has 122 valence electrons. The molecule has 1 N–H and O–H groups in total. The first-order valence-electron chi connectivity index (χ1n) is 8.13. The molecule has 1 amide bonds. The predicted molar refractivity (Wildman–Crippen MR) is 98.6 cm³/mol. The van der Waals surface area contributed by atoms with Crippen molar-refractivity contribution in [1.82, 2.24) is 0 Å². The summed E-state index contributed by atoms with van der Waals surface area (Å²) in [5, 5.41) is 5.12. The monoisotopic (exact) mass is 319 g/mol. The second kappa shape index (κ2) is 7.18. The Morgan fingerprint density at radius 3 is 2.38 bits per heavy atom. The van der Waals surface area contributed by atoms with E-state index in [2.05, 4.69) is 19.2 Å². The minimum absolute atomic E-state index is 0.00610. The molecule has 3 heteroatoms. The Kier molecular flexibility index (Phi) is 4.80. The van der Waals surface area contributed by atoms with E-state index >= 15 is 0 Å². The molecule has 24 heavy (non-hydrogen) atoms. The van der Waals surface area contributed by atoms with Gasteiger partial charge in [-0.2, -0.15) is 0 Å². The van der Waals surface area contributed by atoms with Crippen molar-refractivity contribution in [2.24, 2.45) is 0 Å². The van der Waals surface area contributed by atoms with Crippen molar-refractivity contribution in [3.8, 4) is 5.75 Å². The molecule has 0 saturated carbocycles. The van der Waals surface area contributed by atoms with E-state index in [1.807, 2.05) is 66.7 Å². The lowest BCUT2D eigenvalue weighted by molar-refractivity contribution is -0.118. The summed E-state index contributed by atoms with van der Waals surface area (Å²) in [7, 11) is 0. The number of nitrogens with one attached hydrogen (secondary N) is 1. The zero-order valence-electron chi connectivity index (χ0n) is 14.0. The average Bonchev–Trinajstić information content (AvgIpc) is 2.60. The minimum atomic E-state index is -0.168. The molecule has 3 aromatic carbocycles. The summed E-state index contributed by atoms with van der Waals surface area (Å²) in [6.45, 7) is 4.29. The molecule has 0 radical (unpaired) electrons. The summed E-state index contributed by atoms with van der Waals surface area (Å²) in [5.74, 6) is 1.02. The number of carbonyl (C=O) groups is 1. The number of rotatable bonds is 5. The zero-order chi connectivity index (χ0) is 16.9. The highest BCUT2D eigenvalue weighted by Crippen LogP contribution is 2.20. The van der Waals surface area contributed by atoms with Gasteiger partial charge in [-0.25, -0.2) is 0 Å². The van der Waals surface area contributed by atoms with Crippen LogP contribution in [0.2, 0.25) is 0 Å². The van der Waals surface area contributed by atoms with Crippen molar-refractivity contribution in [2.75, 3.05) is 11.9 Å². The molecule has 0 aliphatic carbocycles. The van der Waals surface area contributed by atoms with Gasteiger partial charge >= 0.3 is 0 Å². The molecular formula is C21H21NO2. The maximum absolute atomic E-state index is 12.1. The number of hydrogen-bond donors (Lipinski definition) is 1. The van der Waals surface area contributed by atoms with Crippen LogP contribution in [0.4, 0.5) is 5.69 Å². The molecule has 3 nitrogen and oxygen atoms in total. The SMILES string of the molecule is CC(C)c1ccc(OCC(=O)Nc2ccc3ccccc3c2)cc1. The lowest BCUT2D eigenvalue weighted by Crippen LogP contribution is -2.20. The highest BCUT2D eigenvalue weighted by atomic mass is 16.5. The van der Waals surface area contributed by atoms with Crippen LogP contribution in [-0.4, -0.2) is 12.5 Å². The Morgan fingerprint density at radius 2 is 1.67 bits per heavy atom. The van der Waals surface area contributed by atoms with Gasteiger partial charge in [-0.15, -0.1) is 0 Å². The van der Waals surface area contributed by atoms with Crippen LogP contribution in [0.3, 0.4) is 0 Å². The van der Waals surface area contributed by atoms with Gasteiger partial charge in [0.1, 0.15) is 5.75 Å². The van der Waals surface area contributed by atoms with E-state index in [4.69, 9.17) is 4.74 Å². The highest BCUT2D eigenvalue weighted by molar-refractivity contribution is 5.95. The fourth-order valence-electron chi connectivity index (χ4n) is 2.56. The minimum Gasteiger partial charge on any atom is -0.484 e. The molecule has 0 atom stereocenters. The molecule has 0 unspecified atom stereocenters. The smallest absolute Gasteiger partial charge is 0.262 e. The topological polar surface area (TPSA) is 38.3 Å². The Morgan fingerprint density at radius 1 is 0.958 bits per heavy atom. The lowest BCUT2D eigenvalue weighted by atomic mass is 10.0. The molecule has 3 aromatic rings. The second-order valence-electron chi connectivity index (χ2n) is 6.12. The van der Waals surface area contributed by atoms with Crippen molar-refractivity contribution in [1.29, 1.82) is 0 Å². The second-order valence-corrected chi connectivity index (χ2v) is 6.12. The van der Waals surface area contributed by atoms with E-state index in [0.29, 0.717) is 11.7 Å². The molecule has 0 aromatic heterocycles. The van der Waals surface area contributed by atoms with Crippen molar-refractivity contribution in [3.05, 3.63) is 72.3 Å². The maximum atomic E-state index is 12.1. The molecule has 0 fully saturated rings. The fourth-order valence-corrected chi connectivity index (χ4v) is 2.56. The third-order valence-corrected chi connectivity index (χ3v) is 3.95. The average molecular weight is 319 g/mol. The normalized spacial score (nSPS) is 10.8. The fraction of sp³-hybridized carbons (Fsp3) is 0.190. The summed E-state index contributed by atoms with van der Waals surface area (Å²) in [6.07, 6.45) is 0. The van der Waals surface area contributed by atoms with Gasteiger partial charge in [0.15, 0.2) is 6.61 Å². The van der Waals surface area contributed by atoms with E-state index < -0.39 is 0 Å². The largest absolute Gasteiger partial charge is 0.484 e. The van der Waals surface area contributed by atoms with Gasteiger partial charge in [0.25, 0.3) is 5.91 Å². The van der Waals surface area contributed by atoms with Crippen molar-refractivity contribution in [2.45, 2.75) is 19.8 Å². The Bertz CT molecular complexity index is 838. The van der Waals surface area contributed by atoms with Gasteiger partial charge < -0.3 is 10.1 Å². The van der Waals surface area contributed by atoms with Crippen LogP contribution in [0.1, 0.15) is 25.3 Å². The predicted octanol–water partition coefficient (Wildman–Crippen LogP) is 4.98. The van der Waals surface area contributed by atoms with Crippen molar-refractivity contribution in [3.63, 3.8) is 0 Å². The number of hydrogen-bond acceptors (Lipinski definition) is 2. The van der Waals surface area contributed by atoms with E-state index in [1.165, 1.54) is 5.56 Å². The van der Waals surface area contributed by atoms with Crippen LogP contribution in [0.5, 0.6) is 5.75 Å². The van der Waals surface area contributed by atoms with Gasteiger partial charge in [-0.05, 0) is 46.5 Å². The summed E-state index contributed by atoms with van der Waals surface area (Å²) in [5.41, 5.74) is 2.03. The standard InChI is InChI=1S/C21H21NO2/c1-15(2)16-8-11-20(12-9-16)24-14-21(23)22-19-10-7-17-5-3-4-6-18(17)13-19/h3-13,15H,14H2,1-2H3,(H,22,23). The molecule has 0 aliphatic heterocycles. The van der Waals surface area contributed by atoms with Crippen LogP contribution in [-0.2, 0) is 4.79 Å². The van der Waals surface area contributed by atoms with Crippen molar-refractivity contribution < 1.29 is 9.53 Å². The third kappa shape index (κ3) is 3.93. The molecule has 0 spiro atoms. The first-order valence-corrected chi connectivity index (χ1v) is 8.13. The van der Waals surface area contributed by atoms with E-state index in [-0.39, 0.29) is 12.5 Å². The first kappa shape index (κ1) is 16.1. The lowest BCUT2D eigenvalue weighted by Gasteiger charge is -2.10. The number of carbonyl (C=O) groups excluding carboxylic acids is 1. The van der Waals surface area contributed by atoms with Gasteiger partial charge in [0.05, 0.1) is 0 Å². The van der Waals surface area contributed by atoms with E-state index in [0.717, 1.165) is 16.5 Å². The Balaban J connectivity index is 1.58. The Labute approximate surface area is 142 Å². The molecule has 3 rings (SSSR count). The van der Waals surface area contributed by atoms with Gasteiger partial charge in [-0.1, -0.05) is 56.3 Å². The summed E-state index contributed by atoms with van der Waals surface area (Å²) < 4.78 is 5.55.